The maximum absolute atomic E-state index is 9.65. The average Bonchev–Trinajstić information content (AvgIpc) is 2.63. The highest BCUT2D eigenvalue weighted by molar-refractivity contribution is 6.18. The summed E-state index contributed by atoms with van der Waals surface area (Å²) < 4.78 is 5.16. The van der Waals surface area contributed by atoms with Crippen LogP contribution in [0.1, 0.15) is 16.7 Å². The summed E-state index contributed by atoms with van der Waals surface area (Å²) in [6, 6.07) is 17.2. The second-order valence-electron chi connectivity index (χ2n) is 4.99. The van der Waals surface area contributed by atoms with Gasteiger partial charge in [0, 0.05) is 11.1 Å². The van der Waals surface area contributed by atoms with E-state index >= 15 is 0 Å². The van der Waals surface area contributed by atoms with Gasteiger partial charge in [0.2, 0.25) is 0 Å². The predicted octanol–water partition coefficient (Wildman–Crippen LogP) is 3.88. The molecule has 0 bridgehead atoms. The molecule has 0 saturated carbocycles. The minimum absolute atomic E-state index is 0.483. The van der Waals surface area contributed by atoms with Gasteiger partial charge in [0.15, 0.2) is 0 Å². The molecule has 3 rings (SSSR count). The smallest absolute Gasteiger partial charge is 0.118 e. The molecule has 0 amide bonds. The molecule has 4 heteroatoms. The molecule has 2 aromatic carbocycles. The molecular formula is C19H14N2O2. The third-order valence-corrected chi connectivity index (χ3v) is 3.77. The highest BCUT2D eigenvalue weighted by atomic mass is 16.5. The van der Waals surface area contributed by atoms with Crippen LogP contribution in [-0.4, -0.2) is 18.0 Å². The number of hydrogen-bond acceptors (Lipinski definition) is 4. The van der Waals surface area contributed by atoms with Crippen LogP contribution < -0.4 is 4.74 Å². The molecular weight excluding hydrogens is 288 g/mol. The fourth-order valence-corrected chi connectivity index (χ4v) is 2.63. The van der Waals surface area contributed by atoms with Crippen molar-refractivity contribution in [2.45, 2.75) is 0 Å². The monoisotopic (exact) mass is 302 g/mol. The van der Waals surface area contributed by atoms with E-state index in [2.05, 4.69) is 11.2 Å². The van der Waals surface area contributed by atoms with E-state index in [1.807, 2.05) is 48.5 Å². The number of rotatable bonds is 2. The number of oxime groups is 1. The van der Waals surface area contributed by atoms with E-state index < -0.39 is 0 Å². The number of methoxy groups -OCH3 is 1. The Morgan fingerprint density at radius 3 is 2.35 bits per heavy atom. The topological polar surface area (TPSA) is 65.6 Å². The second-order valence-corrected chi connectivity index (χ2v) is 4.99. The summed E-state index contributed by atoms with van der Waals surface area (Å²) in [4.78, 5) is 0. The lowest BCUT2D eigenvalue weighted by Crippen LogP contribution is -2.07. The van der Waals surface area contributed by atoms with Crippen molar-refractivity contribution in [2.24, 2.45) is 5.16 Å². The van der Waals surface area contributed by atoms with Gasteiger partial charge in [0.25, 0.3) is 0 Å². The third-order valence-electron chi connectivity index (χ3n) is 3.77. The van der Waals surface area contributed by atoms with Crippen LogP contribution in [0, 0.1) is 11.3 Å². The summed E-state index contributed by atoms with van der Waals surface area (Å²) >= 11 is 0. The Hall–Kier alpha value is -3.32. The van der Waals surface area contributed by atoms with Crippen LogP contribution in [-0.2, 0) is 0 Å². The van der Waals surface area contributed by atoms with E-state index in [-0.39, 0.29) is 0 Å². The molecule has 0 radical (unpaired) electrons. The Bertz CT molecular complexity index is 869. The van der Waals surface area contributed by atoms with Crippen LogP contribution >= 0.6 is 0 Å². The van der Waals surface area contributed by atoms with Crippen LogP contribution in [0.2, 0.25) is 0 Å². The summed E-state index contributed by atoms with van der Waals surface area (Å²) in [5, 5.41) is 22.1. The molecule has 1 aliphatic rings. The van der Waals surface area contributed by atoms with Gasteiger partial charge in [-0.1, -0.05) is 35.5 Å². The molecule has 1 aliphatic carbocycles. The van der Waals surface area contributed by atoms with Crippen molar-refractivity contribution >= 4 is 16.9 Å². The second kappa shape index (κ2) is 6.20. The van der Waals surface area contributed by atoms with Crippen molar-refractivity contribution in [1.29, 1.82) is 5.26 Å². The first-order valence-electron chi connectivity index (χ1n) is 7.07. The number of nitriles is 1. The Kier molecular flexibility index (Phi) is 3.94. The maximum atomic E-state index is 9.65. The number of benzene rings is 2. The first-order chi connectivity index (χ1) is 11.3. The minimum Gasteiger partial charge on any atom is -0.497 e. The van der Waals surface area contributed by atoms with E-state index in [4.69, 9.17) is 9.94 Å². The van der Waals surface area contributed by atoms with Gasteiger partial charge < -0.3 is 9.94 Å². The van der Waals surface area contributed by atoms with Crippen LogP contribution in [0.3, 0.4) is 0 Å². The number of fused-ring (bicyclic) bond motifs is 1. The highest BCUT2D eigenvalue weighted by Crippen LogP contribution is 2.33. The molecule has 4 nitrogen and oxygen atoms in total. The van der Waals surface area contributed by atoms with Crippen molar-refractivity contribution in [2.75, 3.05) is 7.11 Å². The molecule has 0 unspecified atom stereocenters. The summed E-state index contributed by atoms with van der Waals surface area (Å²) in [5.41, 5.74) is 4.33. The van der Waals surface area contributed by atoms with E-state index in [9.17, 15) is 5.26 Å². The van der Waals surface area contributed by atoms with Crippen molar-refractivity contribution in [3.8, 4) is 11.8 Å². The summed E-state index contributed by atoms with van der Waals surface area (Å²) in [6.07, 6.45) is 3.51. The molecule has 23 heavy (non-hydrogen) atoms. The standard InChI is InChI=1S/C19H14N2O2/c1-23-14-8-6-13(7-9-14)18(12-20)16-10-11-19(21-22)17-5-3-2-4-15(16)17/h2-11,22H,1H3/b18-16+,21-19-. The lowest BCUT2D eigenvalue weighted by molar-refractivity contribution is 0.320. The van der Waals surface area contributed by atoms with Gasteiger partial charge in [-0.2, -0.15) is 5.26 Å². The Labute approximate surface area is 134 Å². The molecule has 0 aliphatic heterocycles. The van der Waals surface area contributed by atoms with Crippen LogP contribution in [0.5, 0.6) is 5.75 Å². The number of hydrogen-bond donors (Lipinski definition) is 1. The lowest BCUT2D eigenvalue weighted by Gasteiger charge is -2.16. The number of allylic oxidation sites excluding steroid dienone is 4. The Balaban J connectivity index is 2.20. The molecule has 0 heterocycles. The SMILES string of the molecule is COc1ccc(/C(C#N)=C2C=C/C(=N/O)c3ccccc3\2)cc1. The van der Waals surface area contributed by atoms with Crippen LogP contribution in [0.15, 0.2) is 65.8 Å². The fraction of sp³-hybridized carbons (Fsp3) is 0.0526. The zero-order valence-electron chi connectivity index (χ0n) is 12.5. The molecule has 2 aromatic rings. The van der Waals surface area contributed by atoms with Crippen LogP contribution in [0.4, 0.5) is 0 Å². The lowest BCUT2D eigenvalue weighted by atomic mass is 9.87. The number of nitrogens with zero attached hydrogens (tertiary/aromatic N) is 2. The van der Waals surface area contributed by atoms with Gasteiger partial charge in [-0.3, -0.25) is 0 Å². The molecule has 0 aromatic heterocycles. The van der Waals surface area contributed by atoms with Gasteiger partial charge in [-0.05, 0) is 41.5 Å². The van der Waals surface area contributed by atoms with Gasteiger partial charge in [-0.15, -0.1) is 0 Å². The van der Waals surface area contributed by atoms with Crippen molar-refractivity contribution in [3.05, 3.63) is 77.4 Å². The van der Waals surface area contributed by atoms with Crippen molar-refractivity contribution in [3.63, 3.8) is 0 Å². The van der Waals surface area contributed by atoms with E-state index in [0.717, 1.165) is 28.0 Å². The fourth-order valence-electron chi connectivity index (χ4n) is 2.63. The van der Waals surface area contributed by atoms with Gasteiger partial charge in [-0.25, -0.2) is 0 Å². The summed E-state index contributed by atoms with van der Waals surface area (Å²) in [5.74, 6) is 0.741. The Morgan fingerprint density at radius 1 is 1.04 bits per heavy atom. The van der Waals surface area contributed by atoms with Gasteiger partial charge >= 0.3 is 0 Å². The molecule has 0 atom stereocenters. The quantitative estimate of drug-likeness (QED) is 0.520. The number of ether oxygens (including phenoxy) is 1. The largest absolute Gasteiger partial charge is 0.497 e. The summed E-state index contributed by atoms with van der Waals surface area (Å²) in [7, 11) is 1.61. The summed E-state index contributed by atoms with van der Waals surface area (Å²) in [6.45, 7) is 0. The minimum atomic E-state index is 0.483. The first-order valence-corrected chi connectivity index (χ1v) is 7.07. The maximum Gasteiger partial charge on any atom is 0.118 e. The van der Waals surface area contributed by atoms with Gasteiger partial charge in [0.1, 0.15) is 17.5 Å². The molecule has 0 fully saturated rings. The first kappa shape index (κ1) is 14.6. The van der Waals surface area contributed by atoms with Crippen LogP contribution in [0.25, 0.3) is 11.1 Å². The normalized spacial score (nSPS) is 16.6. The van der Waals surface area contributed by atoms with Crippen molar-refractivity contribution < 1.29 is 9.94 Å². The molecule has 112 valence electrons. The van der Waals surface area contributed by atoms with E-state index in [0.29, 0.717) is 11.3 Å². The molecule has 0 saturated heterocycles. The molecule has 0 spiro atoms. The Morgan fingerprint density at radius 2 is 1.74 bits per heavy atom. The third kappa shape index (κ3) is 2.60. The molecule has 1 N–H and O–H groups in total. The zero-order chi connectivity index (χ0) is 16.2. The zero-order valence-corrected chi connectivity index (χ0v) is 12.5. The van der Waals surface area contributed by atoms with Gasteiger partial charge in [0.05, 0.1) is 12.7 Å². The highest BCUT2D eigenvalue weighted by Gasteiger charge is 2.18. The predicted molar refractivity (Wildman–Crippen MR) is 89.3 cm³/mol. The van der Waals surface area contributed by atoms with E-state index in [1.165, 1.54) is 0 Å². The average molecular weight is 302 g/mol. The van der Waals surface area contributed by atoms with Crippen molar-refractivity contribution in [1.82, 2.24) is 0 Å². The van der Waals surface area contributed by atoms with E-state index in [1.54, 1.807) is 19.3 Å².